The summed E-state index contributed by atoms with van der Waals surface area (Å²) in [5.41, 5.74) is 0.650. The molecule has 0 saturated heterocycles. The van der Waals surface area contributed by atoms with E-state index >= 15 is 0 Å². The van der Waals surface area contributed by atoms with Gasteiger partial charge in [-0.15, -0.1) is 0 Å². The van der Waals surface area contributed by atoms with Crippen molar-refractivity contribution >= 4 is 5.78 Å². The molecule has 3 heteroatoms. The lowest BCUT2D eigenvalue weighted by atomic mass is 10.1. The van der Waals surface area contributed by atoms with Crippen molar-refractivity contribution in [1.82, 2.24) is 9.55 Å². The van der Waals surface area contributed by atoms with Crippen LogP contribution in [0.2, 0.25) is 0 Å². The number of imidazole rings is 1. The summed E-state index contributed by atoms with van der Waals surface area (Å²) in [7, 11) is 0. The van der Waals surface area contributed by atoms with Crippen molar-refractivity contribution in [2.24, 2.45) is 5.92 Å². The van der Waals surface area contributed by atoms with Crippen molar-refractivity contribution in [2.75, 3.05) is 0 Å². The Morgan fingerprint density at radius 3 is 2.93 bits per heavy atom. The lowest BCUT2D eigenvalue weighted by Gasteiger charge is -2.11. The number of fused-ring (bicyclic) bond motifs is 1. The number of rotatable bonds is 2. The second-order valence-electron chi connectivity index (χ2n) is 4.21. The van der Waals surface area contributed by atoms with Crippen LogP contribution in [-0.4, -0.2) is 15.3 Å². The molecule has 0 N–H and O–H groups in total. The number of carbonyl (C=O) groups excluding carboxylic acids is 1. The zero-order chi connectivity index (χ0) is 10.1. The summed E-state index contributed by atoms with van der Waals surface area (Å²) >= 11 is 0. The quantitative estimate of drug-likeness (QED) is 0.672. The molecule has 1 aromatic rings. The molecule has 2 heterocycles. The Morgan fingerprint density at radius 2 is 2.29 bits per heavy atom. The fraction of sp³-hybridized carbons (Fsp3) is 0.636. The van der Waals surface area contributed by atoms with E-state index in [0.717, 1.165) is 18.8 Å². The molecule has 76 valence electrons. The van der Waals surface area contributed by atoms with E-state index in [1.165, 1.54) is 12.8 Å². The minimum absolute atomic E-state index is 0.0481. The highest BCUT2D eigenvalue weighted by molar-refractivity contribution is 5.95. The van der Waals surface area contributed by atoms with E-state index in [1.54, 1.807) is 0 Å². The van der Waals surface area contributed by atoms with Crippen LogP contribution in [0.4, 0.5) is 0 Å². The van der Waals surface area contributed by atoms with Crippen LogP contribution in [-0.2, 0) is 13.0 Å². The number of Topliss-reactive ketones (excluding diaryl/α,β-unsaturated/α-hetero) is 1. The van der Waals surface area contributed by atoms with Gasteiger partial charge in [-0.1, -0.05) is 13.8 Å². The molecule has 3 nitrogen and oxygen atoms in total. The normalized spacial score (nSPS) is 15.6. The minimum atomic E-state index is 0.0481. The van der Waals surface area contributed by atoms with Crippen LogP contribution in [0.5, 0.6) is 0 Å². The van der Waals surface area contributed by atoms with Crippen LogP contribution < -0.4 is 0 Å². The highest BCUT2D eigenvalue weighted by atomic mass is 16.1. The van der Waals surface area contributed by atoms with Gasteiger partial charge in [-0.2, -0.15) is 0 Å². The third kappa shape index (κ3) is 1.59. The Bertz CT molecular complexity index is 329. The molecule has 0 atom stereocenters. The summed E-state index contributed by atoms with van der Waals surface area (Å²) in [5, 5.41) is 0. The van der Waals surface area contributed by atoms with Gasteiger partial charge in [-0.05, 0) is 12.8 Å². The Kier molecular flexibility index (Phi) is 2.40. The first-order chi connectivity index (χ1) is 6.68. The molecule has 2 rings (SSSR count). The Hall–Kier alpha value is -1.12. The molecule has 14 heavy (non-hydrogen) atoms. The predicted octanol–water partition coefficient (Wildman–Crippen LogP) is 2.06. The number of carbonyl (C=O) groups is 1. The van der Waals surface area contributed by atoms with E-state index in [1.807, 2.05) is 20.0 Å². The van der Waals surface area contributed by atoms with Gasteiger partial charge in [0.05, 0.1) is 0 Å². The maximum Gasteiger partial charge on any atom is 0.185 e. The van der Waals surface area contributed by atoms with Crippen LogP contribution in [0.25, 0.3) is 0 Å². The molecule has 1 aliphatic heterocycles. The van der Waals surface area contributed by atoms with Crippen LogP contribution in [0, 0.1) is 5.92 Å². The first-order valence-corrected chi connectivity index (χ1v) is 5.28. The Morgan fingerprint density at radius 1 is 1.50 bits per heavy atom. The number of ketones is 1. The van der Waals surface area contributed by atoms with Crippen molar-refractivity contribution in [1.29, 1.82) is 0 Å². The molecular weight excluding hydrogens is 176 g/mol. The smallest absolute Gasteiger partial charge is 0.185 e. The monoisotopic (exact) mass is 192 g/mol. The predicted molar refractivity (Wildman–Crippen MR) is 54.3 cm³/mol. The van der Waals surface area contributed by atoms with Gasteiger partial charge in [-0.3, -0.25) is 4.79 Å². The summed E-state index contributed by atoms with van der Waals surface area (Å²) in [4.78, 5) is 16.1. The van der Waals surface area contributed by atoms with Crippen LogP contribution >= 0.6 is 0 Å². The fourth-order valence-corrected chi connectivity index (χ4v) is 1.83. The number of aromatic nitrogens is 2. The van der Waals surface area contributed by atoms with Crippen molar-refractivity contribution < 1.29 is 4.79 Å². The summed E-state index contributed by atoms with van der Waals surface area (Å²) in [6, 6.07) is 0. The van der Waals surface area contributed by atoms with Gasteiger partial charge in [0.25, 0.3) is 0 Å². The maximum atomic E-state index is 11.7. The van der Waals surface area contributed by atoms with E-state index in [-0.39, 0.29) is 11.7 Å². The standard InChI is InChI=1S/C11H16N2O/c1-8(2)11(14)9-7-13-6-4-3-5-10(13)12-9/h7-8H,3-6H2,1-2H3. The molecular formula is C11H16N2O. The number of aryl methyl sites for hydroxylation is 2. The highest BCUT2D eigenvalue weighted by Gasteiger charge is 2.18. The van der Waals surface area contributed by atoms with Gasteiger partial charge in [0, 0.05) is 25.1 Å². The van der Waals surface area contributed by atoms with E-state index < -0.39 is 0 Å². The Labute approximate surface area is 84.1 Å². The lowest BCUT2D eigenvalue weighted by molar-refractivity contribution is 0.0934. The molecule has 0 fully saturated rings. The van der Waals surface area contributed by atoms with Crippen LogP contribution in [0.3, 0.4) is 0 Å². The number of hydrogen-bond acceptors (Lipinski definition) is 2. The van der Waals surface area contributed by atoms with Gasteiger partial charge < -0.3 is 4.57 Å². The molecule has 0 amide bonds. The van der Waals surface area contributed by atoms with Gasteiger partial charge in [0.2, 0.25) is 0 Å². The summed E-state index contributed by atoms with van der Waals surface area (Å²) in [5.74, 6) is 1.29. The van der Waals surface area contributed by atoms with Gasteiger partial charge in [0.1, 0.15) is 11.5 Å². The van der Waals surface area contributed by atoms with E-state index in [0.29, 0.717) is 5.69 Å². The van der Waals surface area contributed by atoms with E-state index in [2.05, 4.69) is 9.55 Å². The fourth-order valence-electron chi connectivity index (χ4n) is 1.83. The first kappa shape index (κ1) is 9.44. The number of nitrogens with zero attached hydrogens (tertiary/aromatic N) is 2. The highest BCUT2D eigenvalue weighted by Crippen LogP contribution is 2.16. The van der Waals surface area contributed by atoms with Crippen molar-refractivity contribution in [3.05, 3.63) is 17.7 Å². The van der Waals surface area contributed by atoms with E-state index in [9.17, 15) is 4.79 Å². The van der Waals surface area contributed by atoms with Crippen molar-refractivity contribution in [2.45, 2.75) is 39.7 Å². The molecule has 0 saturated carbocycles. The Balaban J connectivity index is 2.28. The molecule has 1 aromatic heterocycles. The van der Waals surface area contributed by atoms with Crippen LogP contribution in [0.15, 0.2) is 6.20 Å². The lowest BCUT2D eigenvalue weighted by Crippen LogP contribution is -2.09. The SMILES string of the molecule is CC(C)C(=O)c1cn2c(n1)CCCC2. The van der Waals surface area contributed by atoms with Gasteiger partial charge >= 0.3 is 0 Å². The second-order valence-corrected chi connectivity index (χ2v) is 4.21. The maximum absolute atomic E-state index is 11.7. The summed E-state index contributed by atoms with van der Waals surface area (Å²) in [6.45, 7) is 4.86. The zero-order valence-corrected chi connectivity index (χ0v) is 8.79. The minimum Gasteiger partial charge on any atom is -0.334 e. The molecule has 0 radical (unpaired) electrons. The third-order valence-corrected chi connectivity index (χ3v) is 2.69. The summed E-state index contributed by atoms with van der Waals surface area (Å²) in [6.07, 6.45) is 5.34. The molecule has 0 aromatic carbocycles. The largest absolute Gasteiger partial charge is 0.334 e. The van der Waals surface area contributed by atoms with Crippen molar-refractivity contribution in [3.8, 4) is 0 Å². The average molecular weight is 192 g/mol. The molecule has 0 unspecified atom stereocenters. The van der Waals surface area contributed by atoms with E-state index in [4.69, 9.17) is 0 Å². The van der Waals surface area contributed by atoms with Crippen molar-refractivity contribution in [3.63, 3.8) is 0 Å². The zero-order valence-electron chi connectivity index (χ0n) is 8.79. The second kappa shape index (κ2) is 3.56. The topological polar surface area (TPSA) is 34.9 Å². The summed E-state index contributed by atoms with van der Waals surface area (Å²) < 4.78 is 2.12. The number of hydrogen-bond donors (Lipinski definition) is 0. The third-order valence-electron chi connectivity index (χ3n) is 2.69. The molecule has 1 aliphatic rings. The van der Waals surface area contributed by atoms with Crippen LogP contribution in [0.1, 0.15) is 43.0 Å². The van der Waals surface area contributed by atoms with Gasteiger partial charge in [0.15, 0.2) is 5.78 Å². The van der Waals surface area contributed by atoms with Gasteiger partial charge in [-0.25, -0.2) is 4.98 Å². The first-order valence-electron chi connectivity index (χ1n) is 5.28. The molecule has 0 spiro atoms. The molecule has 0 aliphatic carbocycles. The molecule has 0 bridgehead atoms. The average Bonchev–Trinajstić information content (AvgIpc) is 2.59.